The third-order valence-corrected chi connectivity index (χ3v) is 3.64. The average Bonchev–Trinajstić information content (AvgIpc) is 2.27. The summed E-state index contributed by atoms with van der Waals surface area (Å²) < 4.78 is 35.8. The highest BCUT2D eigenvalue weighted by Crippen LogP contribution is 2.22. The second-order valence-electron chi connectivity index (χ2n) is 4.36. The van der Waals surface area contributed by atoms with E-state index in [9.17, 15) is 17.6 Å². The Morgan fingerprint density at radius 1 is 1.47 bits per heavy atom. The summed E-state index contributed by atoms with van der Waals surface area (Å²) in [5.74, 6) is -1.30. The lowest BCUT2D eigenvalue weighted by atomic mass is 10.1. The first kappa shape index (κ1) is 15.6. The van der Waals surface area contributed by atoms with Crippen molar-refractivity contribution in [1.29, 1.82) is 0 Å². The summed E-state index contributed by atoms with van der Waals surface area (Å²) in [6, 6.07) is 2.95. The predicted octanol–water partition coefficient (Wildman–Crippen LogP) is 1.85. The molecule has 1 atom stereocenters. The predicted molar refractivity (Wildman–Crippen MR) is 70.5 cm³/mol. The van der Waals surface area contributed by atoms with Crippen LogP contribution in [-0.4, -0.2) is 14.3 Å². The minimum Gasteiger partial charge on any atom is -0.325 e. The van der Waals surface area contributed by atoms with Crippen LogP contribution in [0.4, 0.5) is 10.1 Å². The molecule has 0 aliphatic heterocycles. The fourth-order valence-corrected chi connectivity index (χ4v) is 2.34. The van der Waals surface area contributed by atoms with Crippen LogP contribution in [0.25, 0.3) is 0 Å². The highest BCUT2D eigenvalue weighted by Gasteiger charge is 2.19. The van der Waals surface area contributed by atoms with E-state index in [-0.39, 0.29) is 22.4 Å². The third-order valence-electron chi connectivity index (χ3n) is 2.68. The van der Waals surface area contributed by atoms with Crippen molar-refractivity contribution in [2.45, 2.75) is 31.6 Å². The van der Waals surface area contributed by atoms with E-state index in [2.05, 4.69) is 5.32 Å². The Morgan fingerprint density at radius 2 is 2.11 bits per heavy atom. The quantitative estimate of drug-likeness (QED) is 0.866. The molecule has 7 heteroatoms. The van der Waals surface area contributed by atoms with Crippen molar-refractivity contribution in [2.75, 3.05) is 5.32 Å². The van der Waals surface area contributed by atoms with Crippen molar-refractivity contribution in [2.24, 2.45) is 11.1 Å². The molecule has 5 nitrogen and oxygen atoms in total. The molecule has 0 heterocycles. The van der Waals surface area contributed by atoms with Gasteiger partial charge in [0.05, 0.1) is 5.69 Å². The Morgan fingerprint density at radius 3 is 2.63 bits per heavy atom. The first-order valence-corrected chi connectivity index (χ1v) is 7.43. The minimum atomic E-state index is -4.02. The lowest BCUT2D eigenvalue weighted by molar-refractivity contribution is -0.119. The van der Waals surface area contributed by atoms with Crippen LogP contribution in [0.3, 0.4) is 0 Å². The molecule has 0 aliphatic rings. The molecule has 19 heavy (non-hydrogen) atoms. The van der Waals surface area contributed by atoms with E-state index in [1.807, 2.05) is 6.92 Å². The molecule has 1 unspecified atom stereocenters. The van der Waals surface area contributed by atoms with Gasteiger partial charge in [0.1, 0.15) is 10.7 Å². The minimum absolute atomic E-state index is 0.129. The monoisotopic (exact) mass is 288 g/mol. The van der Waals surface area contributed by atoms with Gasteiger partial charge in [-0.05, 0) is 24.6 Å². The lowest BCUT2D eigenvalue weighted by Crippen LogP contribution is -2.23. The summed E-state index contributed by atoms with van der Waals surface area (Å²) in [4.78, 5) is 11.5. The molecule has 0 saturated heterocycles. The molecule has 106 valence electrons. The number of sulfonamides is 1. The largest absolute Gasteiger partial charge is 0.325 e. The number of primary sulfonamides is 1. The van der Waals surface area contributed by atoms with Crippen molar-refractivity contribution in [1.82, 2.24) is 0 Å². The fourth-order valence-electron chi connectivity index (χ4n) is 1.67. The number of amides is 1. The van der Waals surface area contributed by atoms with Crippen LogP contribution < -0.4 is 10.5 Å². The lowest BCUT2D eigenvalue weighted by Gasteiger charge is -2.13. The van der Waals surface area contributed by atoms with Gasteiger partial charge in [-0.25, -0.2) is 17.9 Å². The number of hydrogen-bond donors (Lipinski definition) is 2. The summed E-state index contributed by atoms with van der Waals surface area (Å²) in [7, 11) is -4.02. The van der Waals surface area contributed by atoms with Gasteiger partial charge in [-0.1, -0.05) is 20.3 Å². The van der Waals surface area contributed by atoms with Crippen LogP contribution in [0.1, 0.15) is 26.7 Å². The van der Waals surface area contributed by atoms with Gasteiger partial charge < -0.3 is 5.32 Å². The van der Waals surface area contributed by atoms with E-state index in [0.717, 1.165) is 24.6 Å². The van der Waals surface area contributed by atoms with Crippen LogP contribution >= 0.6 is 0 Å². The van der Waals surface area contributed by atoms with E-state index in [1.165, 1.54) is 0 Å². The molecular formula is C12H17FN2O3S. The first-order chi connectivity index (χ1) is 8.75. The molecule has 0 fully saturated rings. The summed E-state index contributed by atoms with van der Waals surface area (Å²) in [5, 5.41) is 7.42. The molecule has 0 bridgehead atoms. The summed E-state index contributed by atoms with van der Waals surface area (Å²) >= 11 is 0. The van der Waals surface area contributed by atoms with Crippen molar-refractivity contribution in [3.8, 4) is 0 Å². The maximum Gasteiger partial charge on any atom is 0.240 e. The molecule has 1 amide bonds. The van der Waals surface area contributed by atoms with E-state index >= 15 is 0 Å². The molecule has 0 radical (unpaired) electrons. The zero-order valence-electron chi connectivity index (χ0n) is 10.8. The number of nitrogens with two attached hydrogens (primary N) is 1. The fraction of sp³-hybridized carbons (Fsp3) is 0.417. The maximum atomic E-state index is 13.1. The van der Waals surface area contributed by atoms with Crippen molar-refractivity contribution in [3.63, 3.8) is 0 Å². The Kier molecular flexibility index (Phi) is 5.02. The van der Waals surface area contributed by atoms with Gasteiger partial charge in [0.2, 0.25) is 15.9 Å². The molecular weight excluding hydrogens is 271 g/mol. The SMILES string of the molecule is CCCC(C)C(=O)Nc1cc(F)ccc1S(N)(=O)=O. The number of nitrogens with one attached hydrogen (secondary N) is 1. The standard InChI is InChI=1S/C12H17FN2O3S/c1-3-4-8(2)12(16)15-10-7-9(13)5-6-11(10)19(14,17)18/h5-8H,3-4H2,1-2H3,(H,15,16)(H2,14,17,18). The van der Waals surface area contributed by atoms with Crippen molar-refractivity contribution < 1.29 is 17.6 Å². The Labute approximate surface area is 112 Å². The van der Waals surface area contributed by atoms with Gasteiger partial charge in [-0.15, -0.1) is 0 Å². The van der Waals surface area contributed by atoms with Gasteiger partial charge in [0, 0.05) is 5.92 Å². The summed E-state index contributed by atoms with van der Waals surface area (Å²) in [6.45, 7) is 3.65. The van der Waals surface area contributed by atoms with Gasteiger partial charge >= 0.3 is 0 Å². The zero-order valence-corrected chi connectivity index (χ0v) is 11.6. The average molecular weight is 288 g/mol. The normalized spacial score (nSPS) is 13.1. The number of carbonyl (C=O) groups is 1. The summed E-state index contributed by atoms with van der Waals surface area (Å²) in [5.41, 5.74) is -0.129. The smallest absolute Gasteiger partial charge is 0.240 e. The number of rotatable bonds is 5. The second kappa shape index (κ2) is 6.12. The molecule has 1 aromatic carbocycles. The number of carbonyl (C=O) groups excluding carboxylic acids is 1. The molecule has 0 saturated carbocycles. The number of halogens is 1. The van der Waals surface area contributed by atoms with Crippen molar-refractivity contribution in [3.05, 3.63) is 24.0 Å². The molecule has 1 aromatic rings. The molecule has 1 rings (SSSR count). The van der Waals surface area contributed by atoms with Gasteiger partial charge in [0.25, 0.3) is 0 Å². The highest BCUT2D eigenvalue weighted by molar-refractivity contribution is 7.89. The van der Waals surface area contributed by atoms with Crippen LogP contribution in [0, 0.1) is 11.7 Å². The van der Waals surface area contributed by atoms with Crippen LogP contribution in [-0.2, 0) is 14.8 Å². The van der Waals surface area contributed by atoms with Crippen LogP contribution in [0.5, 0.6) is 0 Å². The van der Waals surface area contributed by atoms with Crippen molar-refractivity contribution >= 4 is 21.6 Å². The topological polar surface area (TPSA) is 89.3 Å². The Bertz CT molecular complexity index is 572. The van der Waals surface area contributed by atoms with E-state index in [0.29, 0.717) is 6.42 Å². The van der Waals surface area contributed by atoms with E-state index in [1.54, 1.807) is 6.92 Å². The van der Waals surface area contributed by atoms with E-state index < -0.39 is 15.8 Å². The number of anilines is 1. The summed E-state index contributed by atoms with van der Waals surface area (Å²) in [6.07, 6.45) is 1.48. The highest BCUT2D eigenvalue weighted by atomic mass is 32.2. The maximum absolute atomic E-state index is 13.1. The van der Waals surface area contributed by atoms with Crippen LogP contribution in [0.15, 0.2) is 23.1 Å². The molecule has 0 aromatic heterocycles. The first-order valence-electron chi connectivity index (χ1n) is 5.89. The Hall–Kier alpha value is -1.47. The molecule has 3 N–H and O–H groups in total. The van der Waals surface area contributed by atoms with Gasteiger partial charge in [0.15, 0.2) is 0 Å². The third kappa shape index (κ3) is 4.29. The van der Waals surface area contributed by atoms with Crippen LogP contribution in [0.2, 0.25) is 0 Å². The van der Waals surface area contributed by atoms with Gasteiger partial charge in [-0.3, -0.25) is 4.79 Å². The Balaban J connectivity index is 3.07. The zero-order chi connectivity index (χ0) is 14.6. The van der Waals surface area contributed by atoms with Gasteiger partial charge in [-0.2, -0.15) is 0 Å². The number of hydrogen-bond acceptors (Lipinski definition) is 3. The number of benzene rings is 1. The molecule has 0 aliphatic carbocycles. The second-order valence-corrected chi connectivity index (χ2v) is 5.89. The molecule has 0 spiro atoms. The van der Waals surface area contributed by atoms with E-state index in [4.69, 9.17) is 5.14 Å².